The van der Waals surface area contributed by atoms with Gasteiger partial charge in [0.15, 0.2) is 5.58 Å². The largest absolute Gasteiger partial charge is 0.444 e. The molecule has 1 aromatic heterocycles. The van der Waals surface area contributed by atoms with Crippen molar-refractivity contribution in [3.05, 3.63) is 23.0 Å². The fourth-order valence-corrected chi connectivity index (χ4v) is 6.06. The third kappa shape index (κ3) is 4.31. The van der Waals surface area contributed by atoms with E-state index in [-0.39, 0.29) is 23.6 Å². The molecule has 4 rings (SSSR count). The lowest BCUT2D eigenvalue weighted by atomic mass is 9.97. The van der Waals surface area contributed by atoms with Crippen molar-refractivity contribution in [1.82, 2.24) is 9.88 Å². The number of thioether (sulfide) groups is 1. The van der Waals surface area contributed by atoms with Crippen LogP contribution in [0.3, 0.4) is 0 Å². The average Bonchev–Trinajstić information content (AvgIpc) is 3.15. The van der Waals surface area contributed by atoms with E-state index in [1.54, 1.807) is 11.8 Å². The van der Waals surface area contributed by atoms with Crippen molar-refractivity contribution in [1.29, 1.82) is 0 Å². The first kappa shape index (κ1) is 21.8. The van der Waals surface area contributed by atoms with Crippen LogP contribution < -0.4 is 0 Å². The zero-order chi connectivity index (χ0) is 21.8. The molecule has 0 N–H and O–H groups in total. The summed E-state index contributed by atoms with van der Waals surface area (Å²) in [4.78, 5) is 20.3. The SMILES string of the molecule is CC(C)(C)OC(=O)N1C2CCC1CC(Sc1c(Cl)ccc3nc(C(C)(C)C)oc13)C2. The number of fused-ring (bicyclic) bond motifs is 3. The molecule has 2 fully saturated rings. The van der Waals surface area contributed by atoms with E-state index in [0.29, 0.717) is 10.3 Å². The molecular weight excluding hydrogens is 420 g/mol. The van der Waals surface area contributed by atoms with Gasteiger partial charge in [0.1, 0.15) is 11.1 Å². The lowest BCUT2D eigenvalue weighted by Crippen LogP contribution is -2.49. The molecular formula is C23H31ClN2O3S. The maximum Gasteiger partial charge on any atom is 0.410 e. The van der Waals surface area contributed by atoms with Crippen LogP contribution in [-0.2, 0) is 10.2 Å². The molecule has 7 heteroatoms. The smallest absolute Gasteiger partial charge is 0.410 e. The van der Waals surface area contributed by atoms with Gasteiger partial charge in [-0.05, 0) is 58.6 Å². The van der Waals surface area contributed by atoms with E-state index < -0.39 is 5.60 Å². The highest BCUT2D eigenvalue weighted by Gasteiger charge is 2.45. The third-order valence-corrected chi connectivity index (χ3v) is 7.47. The molecule has 2 saturated heterocycles. The molecule has 2 bridgehead atoms. The molecule has 2 aliphatic heterocycles. The molecule has 0 radical (unpaired) electrons. The first-order valence-corrected chi connectivity index (χ1v) is 12.0. The first-order valence-electron chi connectivity index (χ1n) is 10.7. The Morgan fingerprint density at radius 1 is 1.17 bits per heavy atom. The standard InChI is InChI=1S/C23H31ClN2O3S/c1-22(2,3)20-25-17-10-9-16(24)19(18(17)28-20)30-15-11-13-7-8-14(12-15)26(13)21(27)29-23(4,5)6/h9-10,13-15H,7-8,11-12H2,1-6H3. The van der Waals surface area contributed by atoms with Crippen LogP contribution in [0.4, 0.5) is 4.79 Å². The minimum Gasteiger partial charge on any atom is -0.444 e. The van der Waals surface area contributed by atoms with Crippen LogP contribution in [0.2, 0.25) is 5.02 Å². The van der Waals surface area contributed by atoms with Crippen molar-refractivity contribution < 1.29 is 13.9 Å². The number of nitrogens with zero attached hydrogens (tertiary/aromatic N) is 2. The van der Waals surface area contributed by atoms with Gasteiger partial charge >= 0.3 is 6.09 Å². The zero-order valence-corrected chi connectivity index (χ0v) is 20.2. The predicted octanol–water partition coefficient (Wildman–Crippen LogP) is 6.80. The number of ether oxygens (including phenoxy) is 1. The van der Waals surface area contributed by atoms with Crippen LogP contribution in [0.5, 0.6) is 0 Å². The Labute approximate surface area is 187 Å². The van der Waals surface area contributed by atoms with Gasteiger partial charge in [0.2, 0.25) is 5.89 Å². The van der Waals surface area contributed by atoms with Gasteiger partial charge in [-0.15, -0.1) is 11.8 Å². The van der Waals surface area contributed by atoms with Crippen molar-refractivity contribution in [3.8, 4) is 0 Å². The highest BCUT2D eigenvalue weighted by Crippen LogP contribution is 2.46. The minimum absolute atomic E-state index is 0.161. The quantitative estimate of drug-likeness (QED) is 0.503. The fraction of sp³-hybridized carbons (Fsp3) is 0.652. The maximum absolute atomic E-state index is 12.7. The number of aromatic nitrogens is 1. The van der Waals surface area contributed by atoms with Gasteiger partial charge in [-0.1, -0.05) is 32.4 Å². The maximum atomic E-state index is 12.7. The van der Waals surface area contributed by atoms with Gasteiger partial charge in [0.25, 0.3) is 0 Å². The van der Waals surface area contributed by atoms with E-state index in [4.69, 9.17) is 20.8 Å². The first-order chi connectivity index (χ1) is 13.9. The summed E-state index contributed by atoms with van der Waals surface area (Å²) in [5, 5.41) is 1.08. The Morgan fingerprint density at radius 3 is 2.37 bits per heavy atom. The summed E-state index contributed by atoms with van der Waals surface area (Å²) in [7, 11) is 0. The number of carbonyl (C=O) groups excluding carboxylic acids is 1. The van der Waals surface area contributed by atoms with E-state index in [0.717, 1.165) is 47.6 Å². The van der Waals surface area contributed by atoms with Gasteiger partial charge in [0.05, 0.1) is 9.92 Å². The van der Waals surface area contributed by atoms with Crippen LogP contribution in [0.1, 0.15) is 73.1 Å². The van der Waals surface area contributed by atoms with Crippen molar-refractivity contribution in [3.63, 3.8) is 0 Å². The summed E-state index contributed by atoms with van der Waals surface area (Å²) in [6.45, 7) is 12.0. The Morgan fingerprint density at radius 2 is 1.80 bits per heavy atom. The second-order valence-corrected chi connectivity index (χ2v) is 12.2. The van der Waals surface area contributed by atoms with Gasteiger partial charge < -0.3 is 14.1 Å². The van der Waals surface area contributed by atoms with Crippen molar-refractivity contribution in [2.24, 2.45) is 0 Å². The average molecular weight is 451 g/mol. The number of halogens is 1. The van der Waals surface area contributed by atoms with Crippen molar-refractivity contribution in [2.75, 3.05) is 0 Å². The molecule has 2 atom stereocenters. The molecule has 2 unspecified atom stereocenters. The second kappa shape index (κ2) is 7.63. The molecule has 1 aromatic carbocycles. The van der Waals surface area contributed by atoms with Crippen molar-refractivity contribution in [2.45, 2.75) is 100 Å². The van der Waals surface area contributed by atoms with E-state index in [1.807, 2.05) is 37.8 Å². The molecule has 1 amide bonds. The van der Waals surface area contributed by atoms with E-state index in [2.05, 4.69) is 25.8 Å². The highest BCUT2D eigenvalue weighted by atomic mass is 35.5. The Kier molecular flexibility index (Phi) is 5.55. The number of benzene rings is 1. The lowest BCUT2D eigenvalue weighted by Gasteiger charge is -2.39. The summed E-state index contributed by atoms with van der Waals surface area (Å²) in [5.74, 6) is 0.724. The van der Waals surface area contributed by atoms with Crippen LogP contribution in [0.25, 0.3) is 11.1 Å². The summed E-state index contributed by atoms with van der Waals surface area (Å²) < 4.78 is 11.8. The molecule has 3 heterocycles. The monoisotopic (exact) mass is 450 g/mol. The summed E-state index contributed by atoms with van der Waals surface area (Å²) in [6.07, 6.45) is 3.77. The lowest BCUT2D eigenvalue weighted by molar-refractivity contribution is 0.00842. The fourth-order valence-electron chi connectivity index (χ4n) is 4.38. The molecule has 164 valence electrons. The van der Waals surface area contributed by atoms with E-state index in [1.165, 1.54) is 0 Å². The molecule has 0 spiro atoms. The summed E-state index contributed by atoms with van der Waals surface area (Å²) in [5.41, 5.74) is 0.994. The highest BCUT2D eigenvalue weighted by molar-refractivity contribution is 8.00. The normalized spacial score (nSPS) is 24.5. The number of oxazole rings is 1. The topological polar surface area (TPSA) is 55.6 Å². The van der Waals surface area contributed by atoms with Crippen LogP contribution in [0, 0.1) is 0 Å². The van der Waals surface area contributed by atoms with E-state index >= 15 is 0 Å². The molecule has 30 heavy (non-hydrogen) atoms. The van der Waals surface area contributed by atoms with Crippen LogP contribution in [0.15, 0.2) is 21.4 Å². The van der Waals surface area contributed by atoms with Crippen molar-refractivity contribution >= 4 is 40.6 Å². The molecule has 2 aliphatic rings. The number of hydrogen-bond donors (Lipinski definition) is 0. The van der Waals surface area contributed by atoms with Crippen LogP contribution >= 0.6 is 23.4 Å². The Hall–Kier alpha value is -1.40. The number of rotatable bonds is 2. The third-order valence-electron chi connectivity index (χ3n) is 5.68. The number of piperidine rings is 1. The number of amides is 1. The summed E-state index contributed by atoms with van der Waals surface area (Å²) >= 11 is 8.37. The van der Waals surface area contributed by atoms with Gasteiger partial charge in [0, 0.05) is 22.7 Å². The van der Waals surface area contributed by atoms with Gasteiger partial charge in [-0.3, -0.25) is 0 Å². The second-order valence-electron chi connectivity index (χ2n) is 10.5. The Bertz CT molecular complexity index is 946. The van der Waals surface area contributed by atoms with Gasteiger partial charge in [-0.25, -0.2) is 9.78 Å². The van der Waals surface area contributed by atoms with E-state index in [9.17, 15) is 4.79 Å². The predicted molar refractivity (Wildman–Crippen MR) is 121 cm³/mol. The number of hydrogen-bond acceptors (Lipinski definition) is 5. The molecule has 5 nitrogen and oxygen atoms in total. The zero-order valence-electron chi connectivity index (χ0n) is 18.6. The number of carbonyl (C=O) groups is 1. The molecule has 0 saturated carbocycles. The van der Waals surface area contributed by atoms with Gasteiger partial charge in [-0.2, -0.15) is 0 Å². The Balaban J connectivity index is 1.54. The summed E-state index contributed by atoms with van der Waals surface area (Å²) in [6, 6.07) is 4.30. The minimum atomic E-state index is -0.470. The molecule has 2 aromatic rings. The van der Waals surface area contributed by atoms with Crippen LogP contribution in [-0.4, -0.2) is 38.9 Å². The molecule has 0 aliphatic carbocycles.